The molecule has 0 bridgehead atoms. The Morgan fingerprint density at radius 3 is 2.90 bits per heavy atom. The van der Waals surface area contributed by atoms with Crippen molar-refractivity contribution in [3.63, 3.8) is 0 Å². The van der Waals surface area contributed by atoms with Gasteiger partial charge < -0.3 is 9.47 Å². The van der Waals surface area contributed by atoms with Crippen LogP contribution in [0.15, 0.2) is 46.5 Å². The number of ether oxygens (including phenoxy) is 2. The summed E-state index contributed by atoms with van der Waals surface area (Å²) in [5.41, 5.74) is 1.16. The predicted molar refractivity (Wildman–Crippen MR) is 116 cm³/mol. The molecule has 1 amide bonds. The van der Waals surface area contributed by atoms with E-state index in [4.69, 9.17) is 31.2 Å². The van der Waals surface area contributed by atoms with Crippen LogP contribution in [0.4, 0.5) is 0 Å². The van der Waals surface area contributed by atoms with Crippen molar-refractivity contribution in [1.82, 2.24) is 10.3 Å². The van der Waals surface area contributed by atoms with Gasteiger partial charge in [0.25, 0.3) is 5.91 Å². The molecule has 3 aliphatic heterocycles. The van der Waals surface area contributed by atoms with Crippen molar-refractivity contribution in [2.24, 2.45) is 10.1 Å². The zero-order chi connectivity index (χ0) is 20.7. The van der Waals surface area contributed by atoms with Gasteiger partial charge in [0.1, 0.15) is 5.70 Å². The molecule has 0 aromatic heterocycles. The van der Waals surface area contributed by atoms with Crippen LogP contribution >= 0.6 is 23.4 Å². The number of rotatable bonds is 4. The van der Waals surface area contributed by atoms with E-state index in [0.717, 1.165) is 29.2 Å². The lowest BCUT2D eigenvalue weighted by molar-refractivity contribution is -0.116. The fourth-order valence-corrected chi connectivity index (χ4v) is 4.73. The Hall–Kier alpha value is -2.71. The first-order valence-corrected chi connectivity index (χ1v) is 11.1. The number of carbonyl (C=O) groups is 1. The number of hydrogen-bond acceptors (Lipinski definition) is 7. The van der Waals surface area contributed by atoms with Crippen molar-refractivity contribution in [3.05, 3.63) is 57.6 Å². The smallest absolute Gasteiger partial charge is 0.276 e. The summed E-state index contributed by atoms with van der Waals surface area (Å²) in [6.45, 7) is 2.28. The molecule has 2 aromatic carbocycles. The molecule has 0 aliphatic carbocycles. The van der Waals surface area contributed by atoms with Crippen molar-refractivity contribution in [2.75, 3.05) is 12.5 Å². The van der Waals surface area contributed by atoms with Crippen molar-refractivity contribution >= 4 is 40.1 Å². The van der Waals surface area contributed by atoms with Gasteiger partial charge in [-0.1, -0.05) is 54.9 Å². The van der Waals surface area contributed by atoms with Gasteiger partial charge in [-0.3, -0.25) is 15.1 Å². The van der Waals surface area contributed by atoms with E-state index >= 15 is 0 Å². The number of halogens is 1. The summed E-state index contributed by atoms with van der Waals surface area (Å²) in [6.07, 6.45) is 1.53. The minimum absolute atomic E-state index is 0.152. The number of nitrogens with zero attached hydrogens (tertiary/aromatic N) is 3. The monoisotopic (exact) mass is 442 g/mol. The number of hydrazone groups is 1. The maximum atomic E-state index is 13.1. The number of fused-ring (bicyclic) bond motifs is 3. The quantitative estimate of drug-likeness (QED) is 0.737. The Labute approximate surface area is 182 Å². The predicted octanol–water partition coefficient (Wildman–Crippen LogP) is 2.75. The molecule has 2 aromatic rings. The van der Waals surface area contributed by atoms with Crippen LogP contribution in [0.3, 0.4) is 0 Å². The molecule has 0 saturated heterocycles. The van der Waals surface area contributed by atoms with Crippen LogP contribution in [-0.2, 0) is 4.79 Å². The van der Waals surface area contributed by atoms with Crippen LogP contribution in [0.1, 0.15) is 31.5 Å². The van der Waals surface area contributed by atoms with Crippen LogP contribution in [0.25, 0.3) is 5.70 Å². The van der Waals surface area contributed by atoms with Gasteiger partial charge in [0.05, 0.1) is 10.4 Å². The fourth-order valence-electron chi connectivity index (χ4n) is 3.54. The number of para-hydroxylation sites is 1. The zero-order valence-corrected chi connectivity index (χ0v) is 17.8. The third-order valence-corrected chi connectivity index (χ3v) is 6.30. The fraction of sp³-hybridized carbons (Fsp3) is 0.286. The van der Waals surface area contributed by atoms with Crippen LogP contribution in [0.2, 0.25) is 5.02 Å². The van der Waals surface area contributed by atoms with E-state index in [-0.39, 0.29) is 12.7 Å². The molecule has 0 radical (unpaired) electrons. The molecule has 0 unspecified atom stereocenters. The van der Waals surface area contributed by atoms with E-state index in [1.54, 1.807) is 11.1 Å². The number of nitrogens with one attached hydrogen (secondary N) is 1. The summed E-state index contributed by atoms with van der Waals surface area (Å²) < 4.78 is 11.0. The Balaban J connectivity index is 1.65. The summed E-state index contributed by atoms with van der Waals surface area (Å²) >= 11 is 8.12. The van der Waals surface area contributed by atoms with E-state index in [0.29, 0.717) is 32.9 Å². The van der Waals surface area contributed by atoms with Crippen LogP contribution < -0.4 is 25.4 Å². The maximum Gasteiger partial charge on any atom is 0.276 e. The van der Waals surface area contributed by atoms with Crippen molar-refractivity contribution in [1.29, 1.82) is 0 Å². The number of carbonyl (C=O) groups excluding carboxylic acids is 1. The second-order valence-corrected chi connectivity index (χ2v) is 8.49. The van der Waals surface area contributed by atoms with Crippen LogP contribution in [0, 0.1) is 0 Å². The summed E-state index contributed by atoms with van der Waals surface area (Å²) in [5, 5.41) is 11.8. The van der Waals surface area contributed by atoms with Gasteiger partial charge in [0.15, 0.2) is 22.8 Å². The molecule has 0 saturated carbocycles. The third kappa shape index (κ3) is 3.30. The number of amidine groups is 1. The highest BCUT2D eigenvalue weighted by Gasteiger charge is 2.36. The van der Waals surface area contributed by atoms with Gasteiger partial charge in [0, 0.05) is 22.6 Å². The molecule has 30 heavy (non-hydrogen) atoms. The van der Waals surface area contributed by atoms with E-state index in [9.17, 15) is 4.79 Å². The Morgan fingerprint density at radius 1 is 1.27 bits per heavy atom. The molecule has 7 nitrogen and oxygen atoms in total. The first-order valence-electron chi connectivity index (χ1n) is 9.74. The third-order valence-electron chi connectivity index (χ3n) is 5.02. The molecular weight excluding hydrogens is 424 g/mol. The summed E-state index contributed by atoms with van der Waals surface area (Å²) in [6, 6.07) is 11.1. The lowest BCUT2D eigenvalue weighted by Crippen LogP contribution is -2.50. The van der Waals surface area contributed by atoms with Crippen LogP contribution in [-0.4, -0.2) is 28.6 Å². The lowest BCUT2D eigenvalue weighted by atomic mass is 10.1. The van der Waals surface area contributed by atoms with Crippen molar-refractivity contribution in [3.8, 4) is 11.5 Å². The molecule has 0 spiro atoms. The van der Waals surface area contributed by atoms with Gasteiger partial charge in [-0.05, 0) is 18.6 Å². The number of benzene rings is 2. The average molecular weight is 443 g/mol. The molecule has 154 valence electrons. The topological polar surface area (TPSA) is 75.5 Å². The van der Waals surface area contributed by atoms with Crippen molar-refractivity contribution in [2.45, 2.75) is 25.9 Å². The Kier molecular flexibility index (Phi) is 5.04. The van der Waals surface area contributed by atoms with Gasteiger partial charge in [-0.15, -0.1) is 5.10 Å². The van der Waals surface area contributed by atoms with E-state index < -0.39 is 6.17 Å². The van der Waals surface area contributed by atoms with Crippen LogP contribution in [0.5, 0.6) is 11.5 Å². The standard InChI is InChI=1S/C21H19ClN4O3S/c1-2-3-8-30-21-24-20(27)18-12-6-4-5-7-15(12)23-19(26(18)25-21)13-9-16-17(10-14(13)22)29-11-28-16/h4-7,9-10,19H,2-3,8,11H2,1H3,(H,24,25,27)/t19-/m1/s1. The summed E-state index contributed by atoms with van der Waals surface area (Å²) in [5.74, 6) is 1.88. The largest absolute Gasteiger partial charge is 0.454 e. The Bertz CT molecular complexity index is 1180. The first kappa shape index (κ1) is 19.3. The second-order valence-electron chi connectivity index (χ2n) is 7.00. The molecular formula is C21H19ClN4O3S. The summed E-state index contributed by atoms with van der Waals surface area (Å²) in [4.78, 5) is 18.0. The average Bonchev–Trinajstić information content (AvgIpc) is 3.20. The van der Waals surface area contributed by atoms with Crippen molar-refractivity contribution < 1.29 is 14.3 Å². The minimum Gasteiger partial charge on any atom is -0.454 e. The summed E-state index contributed by atoms with van der Waals surface area (Å²) in [7, 11) is 0. The zero-order valence-electron chi connectivity index (χ0n) is 16.2. The molecule has 5 rings (SSSR count). The molecule has 1 N–H and O–H groups in total. The second kappa shape index (κ2) is 7.85. The number of hydrogen-bond donors (Lipinski definition) is 1. The minimum atomic E-state index is -0.593. The van der Waals surface area contributed by atoms with E-state index in [1.165, 1.54) is 11.8 Å². The molecule has 3 aliphatic rings. The number of thioether (sulfide) groups is 1. The SMILES string of the molecule is CCCCSC1=NN2C(=c3ccccc3=N[C@H]2c2cc3c(cc2Cl)OCO3)C(=O)N1. The van der Waals surface area contributed by atoms with Gasteiger partial charge in [0.2, 0.25) is 6.79 Å². The normalized spacial score (nSPS) is 18.9. The number of unbranched alkanes of at least 4 members (excludes halogenated alkanes) is 1. The molecule has 3 heterocycles. The van der Waals surface area contributed by atoms with Gasteiger partial charge in [-0.2, -0.15) is 0 Å². The van der Waals surface area contributed by atoms with E-state index in [2.05, 4.69) is 12.2 Å². The Morgan fingerprint density at radius 2 is 2.07 bits per heavy atom. The lowest BCUT2D eigenvalue weighted by Gasteiger charge is -2.34. The molecule has 0 fully saturated rings. The van der Waals surface area contributed by atoms with E-state index in [1.807, 2.05) is 30.3 Å². The highest BCUT2D eigenvalue weighted by molar-refractivity contribution is 8.13. The number of amides is 1. The first-order chi connectivity index (χ1) is 14.7. The highest BCUT2D eigenvalue weighted by Crippen LogP contribution is 2.42. The van der Waals surface area contributed by atoms with Gasteiger partial charge >= 0.3 is 0 Å². The molecule has 9 heteroatoms. The maximum absolute atomic E-state index is 13.1. The van der Waals surface area contributed by atoms with Gasteiger partial charge in [-0.25, -0.2) is 5.01 Å². The highest BCUT2D eigenvalue weighted by atomic mass is 35.5. The molecule has 1 atom stereocenters.